The van der Waals surface area contributed by atoms with E-state index in [1.165, 1.54) is 5.56 Å². The van der Waals surface area contributed by atoms with Crippen LogP contribution in [0.3, 0.4) is 0 Å². The van der Waals surface area contributed by atoms with Crippen LogP contribution in [0.15, 0.2) is 18.5 Å². The maximum Gasteiger partial charge on any atom is 0.244 e. The molecule has 0 unspecified atom stereocenters. The molecule has 0 bridgehead atoms. The summed E-state index contributed by atoms with van der Waals surface area (Å²) in [5.41, 5.74) is 3.44. The van der Waals surface area contributed by atoms with Crippen LogP contribution < -0.4 is 0 Å². The molecule has 3 heterocycles. The second-order valence-corrected chi connectivity index (χ2v) is 7.04. The van der Waals surface area contributed by atoms with Gasteiger partial charge >= 0.3 is 0 Å². The molecule has 1 aliphatic heterocycles. The van der Waals surface area contributed by atoms with Crippen LogP contribution in [0.4, 0.5) is 0 Å². The topological polar surface area (TPSA) is 56.0 Å². The summed E-state index contributed by atoms with van der Waals surface area (Å²) in [4.78, 5) is 14.6. The van der Waals surface area contributed by atoms with Crippen LogP contribution >= 0.6 is 0 Å². The van der Waals surface area contributed by atoms with E-state index in [9.17, 15) is 4.79 Å². The third-order valence-electron chi connectivity index (χ3n) is 5.46. The van der Waals surface area contributed by atoms with Gasteiger partial charge in [0.05, 0.1) is 5.69 Å². The molecule has 0 N–H and O–H groups in total. The summed E-state index contributed by atoms with van der Waals surface area (Å²) < 4.78 is 3.87. The van der Waals surface area contributed by atoms with Crippen LogP contribution in [-0.2, 0) is 24.3 Å². The molecule has 1 amide bonds. The normalized spacial score (nSPS) is 15.7. The molecule has 0 saturated carbocycles. The fourth-order valence-corrected chi connectivity index (χ4v) is 3.85. The second-order valence-electron chi connectivity index (χ2n) is 7.04. The quantitative estimate of drug-likeness (QED) is 0.810. The van der Waals surface area contributed by atoms with Crippen molar-refractivity contribution in [3.05, 3.63) is 35.4 Å². The first-order valence-electron chi connectivity index (χ1n) is 9.36. The lowest BCUT2D eigenvalue weighted by Gasteiger charge is -2.32. The molecule has 1 saturated heterocycles. The van der Waals surface area contributed by atoms with Crippen LogP contribution in [0, 0.1) is 19.8 Å². The number of piperidine rings is 1. The lowest BCUT2D eigenvalue weighted by molar-refractivity contribution is -0.133. The van der Waals surface area contributed by atoms with Crippen molar-refractivity contribution in [2.24, 2.45) is 5.92 Å². The van der Waals surface area contributed by atoms with E-state index in [1.54, 1.807) is 0 Å². The van der Waals surface area contributed by atoms with Crippen molar-refractivity contribution < 1.29 is 4.79 Å². The van der Waals surface area contributed by atoms with Gasteiger partial charge in [0.2, 0.25) is 5.91 Å². The zero-order chi connectivity index (χ0) is 17.8. The van der Waals surface area contributed by atoms with Crippen molar-refractivity contribution in [1.82, 2.24) is 24.5 Å². The highest BCUT2D eigenvalue weighted by Crippen LogP contribution is 2.22. The Balaban J connectivity index is 1.48. The molecule has 0 radical (unpaired) electrons. The predicted octanol–water partition coefficient (Wildman–Crippen LogP) is 2.59. The number of rotatable bonds is 6. The average Bonchev–Trinajstić information content (AvgIpc) is 3.22. The maximum absolute atomic E-state index is 12.6. The number of likely N-dealkylation sites (tertiary alicyclic amines) is 1. The molecule has 3 rings (SSSR count). The molecule has 0 aromatic carbocycles. The molecule has 1 fully saturated rings. The minimum absolute atomic E-state index is 0.193. The first kappa shape index (κ1) is 17.7. The van der Waals surface area contributed by atoms with Crippen molar-refractivity contribution in [3.63, 3.8) is 0 Å². The van der Waals surface area contributed by atoms with Crippen LogP contribution in [0.2, 0.25) is 0 Å². The van der Waals surface area contributed by atoms with E-state index in [1.807, 2.05) is 39.6 Å². The Hall–Kier alpha value is -2.11. The number of aryl methyl sites for hydroxylation is 2. The summed E-state index contributed by atoms with van der Waals surface area (Å²) in [6.45, 7) is 9.29. The van der Waals surface area contributed by atoms with Gasteiger partial charge in [0.1, 0.15) is 6.54 Å². The van der Waals surface area contributed by atoms with Gasteiger partial charge in [-0.25, -0.2) is 0 Å². The highest BCUT2D eigenvalue weighted by molar-refractivity contribution is 5.76. The van der Waals surface area contributed by atoms with Crippen LogP contribution in [-0.4, -0.2) is 43.5 Å². The van der Waals surface area contributed by atoms with Crippen molar-refractivity contribution in [2.75, 3.05) is 13.1 Å². The smallest absolute Gasteiger partial charge is 0.244 e. The van der Waals surface area contributed by atoms with Crippen molar-refractivity contribution in [2.45, 2.75) is 59.5 Å². The predicted molar refractivity (Wildman–Crippen MR) is 97.2 cm³/mol. The first-order chi connectivity index (χ1) is 12.1. The number of carbonyl (C=O) groups is 1. The van der Waals surface area contributed by atoms with Gasteiger partial charge in [0, 0.05) is 37.7 Å². The highest BCUT2D eigenvalue weighted by Gasteiger charge is 2.23. The summed E-state index contributed by atoms with van der Waals surface area (Å²) >= 11 is 0. The largest absolute Gasteiger partial charge is 0.341 e. The molecule has 6 nitrogen and oxygen atoms in total. The van der Waals surface area contributed by atoms with Crippen LogP contribution in [0.25, 0.3) is 0 Å². The Morgan fingerprint density at radius 3 is 2.64 bits per heavy atom. The van der Waals surface area contributed by atoms with Crippen LogP contribution in [0.5, 0.6) is 0 Å². The monoisotopic (exact) mass is 343 g/mol. The Morgan fingerprint density at radius 1 is 1.28 bits per heavy atom. The molecule has 2 aromatic rings. The summed E-state index contributed by atoms with van der Waals surface area (Å²) in [5, 5.41) is 8.81. The van der Waals surface area contributed by atoms with E-state index in [0.29, 0.717) is 12.5 Å². The van der Waals surface area contributed by atoms with Gasteiger partial charge in [-0.2, -0.15) is 10.2 Å². The van der Waals surface area contributed by atoms with E-state index in [0.717, 1.165) is 56.7 Å². The third kappa shape index (κ3) is 4.11. The van der Waals surface area contributed by atoms with Gasteiger partial charge in [-0.1, -0.05) is 6.92 Å². The highest BCUT2D eigenvalue weighted by atomic mass is 16.2. The minimum atomic E-state index is 0.193. The van der Waals surface area contributed by atoms with Gasteiger partial charge in [-0.05, 0) is 57.1 Å². The van der Waals surface area contributed by atoms with E-state index < -0.39 is 0 Å². The van der Waals surface area contributed by atoms with Gasteiger partial charge in [0.15, 0.2) is 0 Å². The van der Waals surface area contributed by atoms with E-state index >= 15 is 0 Å². The lowest BCUT2D eigenvalue weighted by Crippen LogP contribution is -2.40. The first-order valence-corrected chi connectivity index (χ1v) is 9.36. The zero-order valence-corrected chi connectivity index (χ0v) is 15.6. The Labute approximate surface area is 149 Å². The Morgan fingerprint density at radius 2 is 2.04 bits per heavy atom. The molecule has 1 aliphatic rings. The standard InChI is InChI=1S/C19H29N5O/c1-4-18-15(2)21-24(16(18)3)14-19(25)22-11-6-17(7-12-22)8-13-23-10-5-9-20-23/h5,9-10,17H,4,6-8,11-14H2,1-3H3. The molecule has 2 aromatic heterocycles. The number of hydrogen-bond acceptors (Lipinski definition) is 3. The number of nitrogens with zero attached hydrogens (tertiary/aromatic N) is 5. The average molecular weight is 343 g/mol. The number of hydrogen-bond donors (Lipinski definition) is 0. The van der Waals surface area contributed by atoms with Gasteiger partial charge in [0.25, 0.3) is 0 Å². The van der Waals surface area contributed by atoms with Gasteiger partial charge < -0.3 is 4.90 Å². The summed E-state index contributed by atoms with van der Waals surface area (Å²) in [6.07, 6.45) is 8.12. The van der Waals surface area contributed by atoms with E-state index in [-0.39, 0.29) is 5.91 Å². The van der Waals surface area contributed by atoms with Crippen LogP contribution in [0.1, 0.15) is 43.1 Å². The number of aromatic nitrogens is 4. The second kappa shape index (κ2) is 7.85. The fourth-order valence-electron chi connectivity index (χ4n) is 3.85. The lowest BCUT2D eigenvalue weighted by atomic mass is 9.93. The molecular weight excluding hydrogens is 314 g/mol. The molecule has 6 heteroatoms. The van der Waals surface area contributed by atoms with Gasteiger partial charge in [-0.3, -0.25) is 14.2 Å². The van der Waals surface area contributed by atoms with Crippen molar-refractivity contribution in [3.8, 4) is 0 Å². The van der Waals surface area contributed by atoms with Crippen molar-refractivity contribution in [1.29, 1.82) is 0 Å². The maximum atomic E-state index is 12.6. The van der Waals surface area contributed by atoms with Gasteiger partial charge in [-0.15, -0.1) is 0 Å². The SMILES string of the molecule is CCc1c(C)nn(CC(=O)N2CCC(CCn3cccn3)CC2)c1C. The summed E-state index contributed by atoms with van der Waals surface area (Å²) in [6, 6.07) is 1.96. The Kier molecular flexibility index (Phi) is 5.56. The molecule has 0 spiro atoms. The molecule has 136 valence electrons. The molecule has 0 aliphatic carbocycles. The molecular formula is C19H29N5O. The fraction of sp³-hybridized carbons (Fsp3) is 0.632. The molecule has 25 heavy (non-hydrogen) atoms. The number of amides is 1. The van der Waals surface area contributed by atoms with E-state index in [4.69, 9.17) is 0 Å². The zero-order valence-electron chi connectivity index (χ0n) is 15.6. The van der Waals surface area contributed by atoms with E-state index in [2.05, 4.69) is 24.0 Å². The number of carbonyl (C=O) groups excluding carboxylic acids is 1. The minimum Gasteiger partial charge on any atom is -0.341 e. The Bertz CT molecular complexity index is 696. The molecule has 0 atom stereocenters. The summed E-state index contributed by atoms with van der Waals surface area (Å²) in [5.74, 6) is 0.882. The van der Waals surface area contributed by atoms with Crippen molar-refractivity contribution >= 4 is 5.91 Å². The summed E-state index contributed by atoms with van der Waals surface area (Å²) in [7, 11) is 0. The third-order valence-corrected chi connectivity index (χ3v) is 5.46.